The average Bonchev–Trinajstić information content (AvgIpc) is 2.85. The van der Waals surface area contributed by atoms with Crippen LogP contribution in [0.5, 0.6) is 0 Å². The van der Waals surface area contributed by atoms with Crippen LogP contribution in [0, 0.1) is 0 Å². The minimum Gasteiger partial charge on any atom is -0.408 e. The van der Waals surface area contributed by atoms with Crippen molar-refractivity contribution in [2.24, 2.45) is 0 Å². The van der Waals surface area contributed by atoms with E-state index in [1.165, 1.54) is 18.4 Å². The molecule has 0 spiro atoms. The van der Waals surface area contributed by atoms with Crippen molar-refractivity contribution in [2.75, 3.05) is 6.54 Å². The average molecular weight is 218 g/mol. The molecule has 1 fully saturated rings. The Balaban J connectivity index is 1.89. The highest BCUT2D eigenvalue weighted by Crippen LogP contribution is 2.16. The molecule has 2 N–H and O–H groups in total. The highest BCUT2D eigenvalue weighted by atomic mass is 16.4. The fourth-order valence-electron chi connectivity index (χ4n) is 2.33. The summed E-state index contributed by atoms with van der Waals surface area (Å²) in [5.74, 6) is -0.383. The maximum Gasteiger partial charge on any atom is 0.417 e. The Morgan fingerprint density at radius 2 is 2.38 bits per heavy atom. The van der Waals surface area contributed by atoms with Gasteiger partial charge >= 0.3 is 5.76 Å². The molecule has 4 nitrogen and oxygen atoms in total. The first-order valence-electron chi connectivity index (χ1n) is 5.66. The molecule has 0 radical (unpaired) electrons. The van der Waals surface area contributed by atoms with Crippen LogP contribution in [0.25, 0.3) is 11.1 Å². The van der Waals surface area contributed by atoms with Gasteiger partial charge in [0.2, 0.25) is 0 Å². The van der Waals surface area contributed by atoms with E-state index in [9.17, 15) is 4.79 Å². The predicted octanol–water partition coefficient (Wildman–Crippen LogP) is 1.42. The summed E-state index contributed by atoms with van der Waals surface area (Å²) in [6.07, 6.45) is 3.49. The molecule has 0 amide bonds. The Morgan fingerprint density at radius 1 is 1.44 bits per heavy atom. The van der Waals surface area contributed by atoms with Gasteiger partial charge in [0.1, 0.15) is 0 Å². The maximum atomic E-state index is 11.0. The Kier molecular flexibility index (Phi) is 2.29. The van der Waals surface area contributed by atoms with Crippen LogP contribution < -0.4 is 11.1 Å². The summed E-state index contributed by atoms with van der Waals surface area (Å²) in [6, 6.07) is 6.48. The van der Waals surface area contributed by atoms with Crippen molar-refractivity contribution in [3.8, 4) is 0 Å². The molecule has 1 aromatic heterocycles. The molecule has 4 heteroatoms. The Morgan fingerprint density at radius 3 is 3.19 bits per heavy atom. The predicted molar refractivity (Wildman–Crippen MR) is 61.6 cm³/mol. The normalized spacial score (nSPS) is 20.6. The standard InChI is InChI=1S/C12H14N2O2/c15-12-14-10-4-3-8(7-11(10)16-12)6-9-2-1-5-13-9/h3-4,7,9,13H,1-2,5-6H2,(H,14,15). The second kappa shape index (κ2) is 3.79. The van der Waals surface area contributed by atoms with Crippen LogP contribution >= 0.6 is 0 Å². The van der Waals surface area contributed by atoms with E-state index in [-0.39, 0.29) is 5.76 Å². The lowest BCUT2D eigenvalue weighted by Crippen LogP contribution is -2.23. The molecule has 1 atom stereocenters. The summed E-state index contributed by atoms with van der Waals surface area (Å²) in [6.45, 7) is 1.12. The van der Waals surface area contributed by atoms with E-state index in [1.807, 2.05) is 18.2 Å². The fourth-order valence-corrected chi connectivity index (χ4v) is 2.33. The van der Waals surface area contributed by atoms with Gasteiger partial charge in [-0.2, -0.15) is 0 Å². The minimum absolute atomic E-state index is 0.383. The van der Waals surface area contributed by atoms with Crippen molar-refractivity contribution < 1.29 is 4.42 Å². The molecule has 0 saturated carbocycles. The van der Waals surface area contributed by atoms with Gasteiger partial charge in [-0.3, -0.25) is 4.98 Å². The first-order valence-corrected chi connectivity index (χ1v) is 5.66. The van der Waals surface area contributed by atoms with Crippen LogP contribution in [-0.4, -0.2) is 17.6 Å². The van der Waals surface area contributed by atoms with Crippen molar-refractivity contribution in [1.29, 1.82) is 0 Å². The zero-order valence-corrected chi connectivity index (χ0v) is 8.95. The van der Waals surface area contributed by atoms with Crippen LogP contribution in [0.1, 0.15) is 18.4 Å². The molecule has 1 unspecified atom stereocenters. The summed E-state index contributed by atoms with van der Waals surface area (Å²) in [5.41, 5.74) is 2.64. The zero-order valence-electron chi connectivity index (χ0n) is 8.95. The third-order valence-corrected chi connectivity index (χ3v) is 3.13. The molecule has 1 aliphatic heterocycles. The zero-order chi connectivity index (χ0) is 11.0. The number of oxazole rings is 1. The lowest BCUT2D eigenvalue weighted by atomic mass is 10.0. The number of H-pyrrole nitrogens is 1. The number of aromatic amines is 1. The SMILES string of the molecule is O=c1[nH]c2ccc(CC3CCCN3)cc2o1. The summed E-state index contributed by atoms with van der Waals surface area (Å²) < 4.78 is 5.04. The number of benzene rings is 1. The number of hydrogen-bond acceptors (Lipinski definition) is 3. The smallest absolute Gasteiger partial charge is 0.408 e. The number of fused-ring (bicyclic) bond motifs is 1. The molecule has 2 heterocycles. The summed E-state index contributed by atoms with van der Waals surface area (Å²) in [5, 5.41) is 3.46. The number of hydrogen-bond donors (Lipinski definition) is 2. The number of nitrogens with one attached hydrogen (secondary N) is 2. The highest BCUT2D eigenvalue weighted by molar-refractivity contribution is 5.72. The molecule has 84 valence electrons. The highest BCUT2D eigenvalue weighted by Gasteiger charge is 2.14. The van der Waals surface area contributed by atoms with Crippen molar-refractivity contribution >= 4 is 11.1 Å². The van der Waals surface area contributed by atoms with E-state index in [0.29, 0.717) is 11.6 Å². The molecule has 1 aromatic carbocycles. The molecule has 0 bridgehead atoms. The molecule has 16 heavy (non-hydrogen) atoms. The third-order valence-electron chi connectivity index (χ3n) is 3.13. The van der Waals surface area contributed by atoms with Gasteiger partial charge in [0.05, 0.1) is 5.52 Å². The van der Waals surface area contributed by atoms with Crippen molar-refractivity contribution in [1.82, 2.24) is 10.3 Å². The van der Waals surface area contributed by atoms with Gasteiger partial charge < -0.3 is 9.73 Å². The van der Waals surface area contributed by atoms with Gasteiger partial charge in [-0.15, -0.1) is 0 Å². The lowest BCUT2D eigenvalue weighted by molar-refractivity contribution is 0.554. The lowest BCUT2D eigenvalue weighted by Gasteiger charge is -2.09. The summed E-state index contributed by atoms with van der Waals surface area (Å²) >= 11 is 0. The summed E-state index contributed by atoms with van der Waals surface area (Å²) in [7, 11) is 0. The molecule has 2 aromatic rings. The molecule has 0 aliphatic carbocycles. The minimum atomic E-state index is -0.383. The van der Waals surface area contributed by atoms with Gasteiger partial charge in [0.25, 0.3) is 0 Å². The van der Waals surface area contributed by atoms with Gasteiger partial charge in [0, 0.05) is 6.04 Å². The quantitative estimate of drug-likeness (QED) is 0.801. The van der Waals surface area contributed by atoms with Gasteiger partial charge in [-0.1, -0.05) is 6.07 Å². The first kappa shape index (κ1) is 9.66. The van der Waals surface area contributed by atoms with E-state index in [0.717, 1.165) is 18.5 Å². The second-order valence-electron chi connectivity index (χ2n) is 4.34. The van der Waals surface area contributed by atoms with Crippen LogP contribution in [0.2, 0.25) is 0 Å². The van der Waals surface area contributed by atoms with Crippen molar-refractivity contribution in [3.05, 3.63) is 34.3 Å². The van der Waals surface area contributed by atoms with Crippen molar-refractivity contribution in [2.45, 2.75) is 25.3 Å². The van der Waals surface area contributed by atoms with E-state index >= 15 is 0 Å². The molecule has 1 aliphatic rings. The van der Waals surface area contributed by atoms with Crippen LogP contribution in [-0.2, 0) is 6.42 Å². The third kappa shape index (κ3) is 1.76. The largest absolute Gasteiger partial charge is 0.417 e. The van der Waals surface area contributed by atoms with E-state index in [1.54, 1.807) is 0 Å². The van der Waals surface area contributed by atoms with Crippen LogP contribution in [0.4, 0.5) is 0 Å². The number of aromatic nitrogens is 1. The molecular weight excluding hydrogens is 204 g/mol. The van der Waals surface area contributed by atoms with E-state index in [4.69, 9.17) is 4.42 Å². The summed E-state index contributed by atoms with van der Waals surface area (Å²) in [4.78, 5) is 13.7. The van der Waals surface area contributed by atoms with Gasteiger partial charge in [-0.25, -0.2) is 4.79 Å². The Hall–Kier alpha value is -1.55. The van der Waals surface area contributed by atoms with Gasteiger partial charge in [0.15, 0.2) is 5.58 Å². The molecule has 1 saturated heterocycles. The van der Waals surface area contributed by atoms with Crippen LogP contribution in [0.15, 0.2) is 27.4 Å². The Labute approximate surface area is 92.7 Å². The fraction of sp³-hybridized carbons (Fsp3) is 0.417. The molecular formula is C12H14N2O2. The number of rotatable bonds is 2. The topological polar surface area (TPSA) is 58.0 Å². The second-order valence-corrected chi connectivity index (χ2v) is 4.34. The van der Waals surface area contributed by atoms with Crippen LogP contribution in [0.3, 0.4) is 0 Å². The van der Waals surface area contributed by atoms with Crippen molar-refractivity contribution in [3.63, 3.8) is 0 Å². The van der Waals surface area contributed by atoms with Gasteiger partial charge in [-0.05, 0) is 43.5 Å². The Bertz CT molecular complexity index is 549. The maximum absolute atomic E-state index is 11.0. The van der Waals surface area contributed by atoms with E-state index < -0.39 is 0 Å². The van der Waals surface area contributed by atoms with E-state index in [2.05, 4.69) is 10.3 Å². The monoisotopic (exact) mass is 218 g/mol. The molecule has 3 rings (SSSR count). The first-order chi connectivity index (χ1) is 7.81.